The van der Waals surface area contributed by atoms with E-state index in [1.165, 1.54) is 6.33 Å². The van der Waals surface area contributed by atoms with Gasteiger partial charge in [0.1, 0.15) is 11.9 Å². The number of aromatic nitrogens is 2. The Hall–Kier alpha value is -1.04. The Morgan fingerprint density at radius 1 is 1.56 bits per heavy atom. The summed E-state index contributed by atoms with van der Waals surface area (Å²) in [5.74, 6) is 0. The van der Waals surface area contributed by atoms with Gasteiger partial charge in [0.15, 0.2) is 0 Å². The summed E-state index contributed by atoms with van der Waals surface area (Å²) in [7, 11) is 0. The van der Waals surface area contributed by atoms with Crippen molar-refractivity contribution in [3.05, 3.63) is 24.3 Å². The van der Waals surface area contributed by atoms with E-state index < -0.39 is 5.60 Å². The third-order valence-corrected chi connectivity index (χ3v) is 3.03. The van der Waals surface area contributed by atoms with E-state index >= 15 is 0 Å². The van der Waals surface area contributed by atoms with Crippen molar-refractivity contribution in [1.29, 1.82) is 0 Å². The molecule has 2 atom stereocenters. The first-order chi connectivity index (χ1) is 7.71. The average Bonchev–Trinajstić information content (AvgIpc) is 2.61. The van der Waals surface area contributed by atoms with Crippen LogP contribution in [0.3, 0.4) is 0 Å². The second-order valence-electron chi connectivity index (χ2n) is 4.22. The molecule has 2 N–H and O–H groups in total. The van der Waals surface area contributed by atoms with Crippen LogP contribution in [-0.4, -0.2) is 39.9 Å². The number of hydrogen-bond acceptors (Lipinski definition) is 5. The summed E-state index contributed by atoms with van der Waals surface area (Å²) < 4.78 is 5.36. The van der Waals surface area contributed by atoms with Gasteiger partial charge in [-0.25, -0.2) is 9.97 Å². The first-order valence-corrected chi connectivity index (χ1v) is 5.49. The summed E-state index contributed by atoms with van der Waals surface area (Å²) in [6, 6.07) is 0. The van der Waals surface area contributed by atoms with Crippen LogP contribution in [0, 0.1) is 0 Å². The number of rotatable bonds is 4. The normalized spacial score (nSPS) is 29.5. The van der Waals surface area contributed by atoms with Gasteiger partial charge in [0.05, 0.1) is 6.10 Å². The average molecular weight is 223 g/mol. The van der Waals surface area contributed by atoms with Gasteiger partial charge in [0, 0.05) is 44.1 Å². The molecule has 2 rings (SSSR count). The van der Waals surface area contributed by atoms with Crippen LogP contribution in [0.1, 0.15) is 18.9 Å². The Morgan fingerprint density at radius 2 is 2.31 bits per heavy atom. The minimum absolute atomic E-state index is 0.105. The highest BCUT2D eigenvalue weighted by molar-refractivity contribution is 5.02. The summed E-state index contributed by atoms with van der Waals surface area (Å²) in [5.41, 5.74) is 0.271. The second kappa shape index (κ2) is 4.86. The van der Waals surface area contributed by atoms with Crippen LogP contribution >= 0.6 is 0 Å². The fourth-order valence-corrected chi connectivity index (χ4v) is 1.85. The predicted octanol–water partition coefficient (Wildman–Crippen LogP) is 0.106. The van der Waals surface area contributed by atoms with Crippen molar-refractivity contribution in [3.8, 4) is 0 Å². The molecular formula is C11H17N3O2. The zero-order valence-electron chi connectivity index (χ0n) is 9.39. The molecule has 2 heterocycles. The molecule has 1 aliphatic heterocycles. The molecule has 0 aromatic carbocycles. The van der Waals surface area contributed by atoms with E-state index in [1.54, 1.807) is 12.4 Å². The molecule has 5 heteroatoms. The topological polar surface area (TPSA) is 67.3 Å². The largest absolute Gasteiger partial charge is 0.386 e. The van der Waals surface area contributed by atoms with Crippen molar-refractivity contribution in [3.63, 3.8) is 0 Å². The van der Waals surface area contributed by atoms with Gasteiger partial charge in [0.2, 0.25) is 0 Å². The van der Waals surface area contributed by atoms with Crippen LogP contribution in [0.4, 0.5) is 0 Å². The molecule has 1 aromatic heterocycles. The maximum absolute atomic E-state index is 10.2. The molecule has 1 fully saturated rings. The zero-order chi connectivity index (χ0) is 11.4. The second-order valence-corrected chi connectivity index (χ2v) is 4.22. The van der Waals surface area contributed by atoms with Crippen LogP contribution in [0.25, 0.3) is 0 Å². The molecule has 0 amide bonds. The summed E-state index contributed by atoms with van der Waals surface area (Å²) in [6.45, 7) is 3.73. The number of aliphatic hydroxyl groups is 1. The number of ether oxygens (including phenoxy) is 1. The van der Waals surface area contributed by atoms with Crippen LogP contribution in [0.5, 0.6) is 0 Å². The molecule has 0 aliphatic carbocycles. The molecular weight excluding hydrogens is 206 g/mol. The maximum Gasteiger partial charge on any atom is 0.115 e. The molecule has 16 heavy (non-hydrogen) atoms. The fourth-order valence-electron chi connectivity index (χ4n) is 1.85. The van der Waals surface area contributed by atoms with Gasteiger partial charge in [-0.15, -0.1) is 0 Å². The third-order valence-electron chi connectivity index (χ3n) is 3.03. The van der Waals surface area contributed by atoms with E-state index in [2.05, 4.69) is 15.3 Å². The standard InChI is InChI=1S/C11H17N3O2/c1-9-11(15,2-3-16-9)7-12-4-10-5-13-8-14-6-10/h5-6,8-9,12,15H,2-4,7H2,1H3. The lowest BCUT2D eigenvalue weighted by molar-refractivity contribution is -0.0263. The molecule has 0 spiro atoms. The van der Waals surface area contributed by atoms with Gasteiger partial charge in [-0.1, -0.05) is 0 Å². The third kappa shape index (κ3) is 2.55. The fraction of sp³-hybridized carbons (Fsp3) is 0.636. The minimum atomic E-state index is -0.740. The number of nitrogens with zero attached hydrogens (tertiary/aromatic N) is 2. The Kier molecular flexibility index (Phi) is 3.48. The van der Waals surface area contributed by atoms with Gasteiger partial charge < -0.3 is 15.2 Å². The Labute approximate surface area is 94.9 Å². The van der Waals surface area contributed by atoms with E-state index in [-0.39, 0.29) is 6.10 Å². The molecule has 1 aromatic rings. The SMILES string of the molecule is CC1OCCC1(O)CNCc1cncnc1. The highest BCUT2D eigenvalue weighted by Gasteiger charge is 2.38. The highest BCUT2D eigenvalue weighted by atomic mass is 16.5. The summed E-state index contributed by atoms with van der Waals surface area (Å²) in [4.78, 5) is 7.86. The Morgan fingerprint density at radius 3 is 2.94 bits per heavy atom. The van der Waals surface area contributed by atoms with E-state index in [0.29, 0.717) is 26.1 Å². The molecule has 0 bridgehead atoms. The van der Waals surface area contributed by atoms with E-state index in [0.717, 1.165) is 5.56 Å². The number of nitrogens with one attached hydrogen (secondary N) is 1. The molecule has 0 radical (unpaired) electrons. The smallest absolute Gasteiger partial charge is 0.115 e. The summed E-state index contributed by atoms with van der Waals surface area (Å²) in [5, 5.41) is 13.4. The van der Waals surface area contributed by atoms with Crippen LogP contribution in [-0.2, 0) is 11.3 Å². The summed E-state index contributed by atoms with van der Waals surface area (Å²) in [6.07, 6.45) is 5.61. The Balaban J connectivity index is 1.80. The van der Waals surface area contributed by atoms with Crippen molar-refractivity contribution < 1.29 is 9.84 Å². The van der Waals surface area contributed by atoms with E-state index in [1.807, 2.05) is 6.92 Å². The minimum Gasteiger partial charge on any atom is -0.386 e. The number of hydrogen-bond donors (Lipinski definition) is 2. The van der Waals surface area contributed by atoms with Gasteiger partial charge in [-0.2, -0.15) is 0 Å². The van der Waals surface area contributed by atoms with Gasteiger partial charge in [-0.3, -0.25) is 0 Å². The van der Waals surface area contributed by atoms with Crippen molar-refractivity contribution in [2.45, 2.75) is 31.6 Å². The predicted molar refractivity (Wildman–Crippen MR) is 58.7 cm³/mol. The van der Waals surface area contributed by atoms with Gasteiger partial charge in [0.25, 0.3) is 0 Å². The monoisotopic (exact) mass is 223 g/mol. The van der Waals surface area contributed by atoms with Crippen LogP contribution in [0.15, 0.2) is 18.7 Å². The lowest BCUT2D eigenvalue weighted by Gasteiger charge is -2.26. The molecule has 2 unspecified atom stereocenters. The van der Waals surface area contributed by atoms with Crippen molar-refractivity contribution in [2.75, 3.05) is 13.2 Å². The van der Waals surface area contributed by atoms with Crippen molar-refractivity contribution >= 4 is 0 Å². The lowest BCUT2D eigenvalue weighted by Crippen LogP contribution is -2.45. The first-order valence-electron chi connectivity index (χ1n) is 5.49. The first kappa shape index (κ1) is 11.4. The van der Waals surface area contributed by atoms with Crippen molar-refractivity contribution in [1.82, 2.24) is 15.3 Å². The maximum atomic E-state index is 10.2. The zero-order valence-corrected chi connectivity index (χ0v) is 9.39. The van der Waals surface area contributed by atoms with Crippen molar-refractivity contribution in [2.24, 2.45) is 0 Å². The Bertz CT molecular complexity index is 333. The summed E-state index contributed by atoms with van der Waals surface area (Å²) >= 11 is 0. The van der Waals surface area contributed by atoms with Crippen LogP contribution in [0.2, 0.25) is 0 Å². The van der Waals surface area contributed by atoms with E-state index in [9.17, 15) is 5.11 Å². The quantitative estimate of drug-likeness (QED) is 0.758. The molecule has 1 aliphatic rings. The molecule has 5 nitrogen and oxygen atoms in total. The van der Waals surface area contributed by atoms with Gasteiger partial charge in [-0.05, 0) is 6.92 Å². The van der Waals surface area contributed by atoms with Gasteiger partial charge >= 0.3 is 0 Å². The van der Waals surface area contributed by atoms with E-state index in [4.69, 9.17) is 4.74 Å². The highest BCUT2D eigenvalue weighted by Crippen LogP contribution is 2.24. The molecule has 0 saturated carbocycles. The molecule has 1 saturated heterocycles. The van der Waals surface area contributed by atoms with Crippen LogP contribution < -0.4 is 5.32 Å². The molecule has 88 valence electrons. The lowest BCUT2D eigenvalue weighted by atomic mass is 9.97.